The molecule has 0 atom stereocenters. The van der Waals surface area contributed by atoms with Gasteiger partial charge in [-0.2, -0.15) is 0 Å². The molecule has 0 unspecified atom stereocenters. The highest BCUT2D eigenvalue weighted by molar-refractivity contribution is 7.99. The summed E-state index contributed by atoms with van der Waals surface area (Å²) in [4.78, 5) is 1.27. The molecule has 28 heavy (non-hydrogen) atoms. The van der Waals surface area contributed by atoms with E-state index in [1.807, 2.05) is 42.5 Å². The average molecular weight is 424 g/mol. The fourth-order valence-electron chi connectivity index (χ4n) is 2.80. The van der Waals surface area contributed by atoms with Crippen molar-refractivity contribution in [2.45, 2.75) is 11.6 Å². The molecule has 2 aromatic heterocycles. The van der Waals surface area contributed by atoms with Crippen molar-refractivity contribution >= 4 is 40.8 Å². The van der Waals surface area contributed by atoms with Crippen LogP contribution in [-0.4, -0.2) is 20.5 Å². The van der Waals surface area contributed by atoms with E-state index < -0.39 is 0 Å². The largest absolute Gasteiger partial charge is 0.274 e. The molecule has 0 saturated carbocycles. The van der Waals surface area contributed by atoms with Crippen molar-refractivity contribution < 1.29 is 0 Å². The second kappa shape index (κ2) is 9.24. The molecule has 4 aromatic rings. The summed E-state index contributed by atoms with van der Waals surface area (Å²) >= 11 is 9.48. The van der Waals surface area contributed by atoms with Crippen LogP contribution >= 0.6 is 34.7 Å². The van der Waals surface area contributed by atoms with Crippen LogP contribution in [0.25, 0.3) is 11.8 Å². The van der Waals surface area contributed by atoms with Gasteiger partial charge in [0.1, 0.15) is 5.82 Å². The van der Waals surface area contributed by atoms with Crippen LogP contribution in [0.2, 0.25) is 5.02 Å². The maximum Gasteiger partial charge on any atom is 0.196 e. The summed E-state index contributed by atoms with van der Waals surface area (Å²) in [6.07, 6.45) is 5.04. The normalized spacial score (nSPS) is 11.3. The highest BCUT2D eigenvalue weighted by Gasteiger charge is 2.15. The Morgan fingerprint density at radius 1 is 0.964 bits per heavy atom. The van der Waals surface area contributed by atoms with E-state index in [9.17, 15) is 0 Å². The summed E-state index contributed by atoms with van der Waals surface area (Å²) in [5, 5.41) is 12.6. The number of aromatic nitrogens is 3. The molecular formula is C22H18ClN3S2. The lowest BCUT2D eigenvalue weighted by atomic mass is 10.2. The second-order valence-corrected chi connectivity index (χ2v) is 8.55. The molecule has 0 radical (unpaired) electrons. The van der Waals surface area contributed by atoms with Gasteiger partial charge in [-0.1, -0.05) is 71.9 Å². The highest BCUT2D eigenvalue weighted by atomic mass is 35.5. The molecule has 0 amide bonds. The van der Waals surface area contributed by atoms with Gasteiger partial charge in [0.2, 0.25) is 0 Å². The van der Waals surface area contributed by atoms with Crippen LogP contribution in [0.4, 0.5) is 0 Å². The van der Waals surface area contributed by atoms with Crippen LogP contribution in [0.1, 0.15) is 16.3 Å². The molecule has 0 saturated heterocycles. The first-order chi connectivity index (χ1) is 13.8. The molecule has 0 aliphatic carbocycles. The van der Waals surface area contributed by atoms with E-state index in [-0.39, 0.29) is 0 Å². The second-order valence-electron chi connectivity index (χ2n) is 6.09. The zero-order valence-corrected chi connectivity index (χ0v) is 17.4. The molecule has 0 aliphatic heterocycles. The number of halogens is 1. The molecule has 0 N–H and O–H groups in total. The number of thiophene rings is 1. The van der Waals surface area contributed by atoms with Gasteiger partial charge in [0.15, 0.2) is 5.16 Å². The minimum atomic E-state index is 0.719. The summed E-state index contributed by atoms with van der Waals surface area (Å²) in [5.74, 6) is 1.75. The van der Waals surface area contributed by atoms with Crippen LogP contribution in [0.15, 0.2) is 83.3 Å². The first-order valence-corrected chi connectivity index (χ1v) is 11.1. The van der Waals surface area contributed by atoms with Gasteiger partial charge in [-0.15, -0.1) is 21.5 Å². The minimum Gasteiger partial charge on any atom is -0.274 e. The third kappa shape index (κ3) is 4.73. The van der Waals surface area contributed by atoms with E-state index in [0.29, 0.717) is 0 Å². The molecule has 4 rings (SSSR count). The SMILES string of the molecule is Clc1ccc(-n2c(Cc3cccs3)nnc2SC/C=C/c2ccccc2)cc1. The minimum absolute atomic E-state index is 0.719. The highest BCUT2D eigenvalue weighted by Crippen LogP contribution is 2.25. The van der Waals surface area contributed by atoms with Crippen molar-refractivity contribution in [2.24, 2.45) is 0 Å². The first kappa shape index (κ1) is 19.0. The molecule has 2 aromatic carbocycles. The fourth-order valence-corrected chi connectivity index (χ4v) is 4.41. The van der Waals surface area contributed by atoms with E-state index in [2.05, 4.69) is 56.6 Å². The van der Waals surface area contributed by atoms with E-state index in [1.165, 1.54) is 10.4 Å². The molecule has 0 fully saturated rings. The van der Waals surface area contributed by atoms with Gasteiger partial charge in [0, 0.05) is 27.8 Å². The molecular weight excluding hydrogens is 406 g/mol. The monoisotopic (exact) mass is 423 g/mol. The molecule has 140 valence electrons. The number of hydrogen-bond acceptors (Lipinski definition) is 4. The summed E-state index contributed by atoms with van der Waals surface area (Å²) in [7, 11) is 0. The van der Waals surface area contributed by atoms with Crippen LogP contribution in [0.5, 0.6) is 0 Å². The molecule has 3 nitrogen and oxygen atoms in total. The zero-order valence-electron chi connectivity index (χ0n) is 15.0. The van der Waals surface area contributed by atoms with E-state index >= 15 is 0 Å². The topological polar surface area (TPSA) is 30.7 Å². The summed E-state index contributed by atoms with van der Waals surface area (Å²) in [6.45, 7) is 0. The maximum absolute atomic E-state index is 6.08. The molecule has 0 bridgehead atoms. The molecule has 2 heterocycles. The van der Waals surface area contributed by atoms with Crippen molar-refractivity contribution in [2.75, 3.05) is 5.75 Å². The average Bonchev–Trinajstić information content (AvgIpc) is 3.37. The quantitative estimate of drug-likeness (QED) is 0.323. The number of hydrogen-bond donors (Lipinski definition) is 0. The van der Waals surface area contributed by atoms with Crippen molar-refractivity contribution in [3.63, 3.8) is 0 Å². The Morgan fingerprint density at radius 3 is 2.54 bits per heavy atom. The lowest BCUT2D eigenvalue weighted by Crippen LogP contribution is -2.03. The van der Waals surface area contributed by atoms with Crippen molar-refractivity contribution in [1.29, 1.82) is 0 Å². The molecule has 0 aliphatic rings. The lowest BCUT2D eigenvalue weighted by molar-refractivity contribution is 0.852. The Balaban J connectivity index is 1.56. The third-order valence-corrected chi connectivity index (χ3v) is 6.13. The van der Waals surface area contributed by atoms with Crippen LogP contribution in [0, 0.1) is 0 Å². The smallest absolute Gasteiger partial charge is 0.196 e. The maximum atomic E-state index is 6.08. The standard InChI is InChI=1S/C22H18ClN3S2/c23-18-10-12-19(13-11-18)26-21(16-20-9-5-14-27-20)24-25-22(26)28-15-4-8-17-6-2-1-3-7-17/h1-14H,15-16H2/b8-4+. The first-order valence-electron chi connectivity index (χ1n) is 8.86. The van der Waals surface area contributed by atoms with Gasteiger partial charge in [0.25, 0.3) is 0 Å². The lowest BCUT2D eigenvalue weighted by Gasteiger charge is -2.09. The predicted molar refractivity (Wildman–Crippen MR) is 120 cm³/mol. The summed E-state index contributed by atoms with van der Waals surface area (Å²) in [6, 6.07) is 22.3. The van der Waals surface area contributed by atoms with Gasteiger partial charge in [-0.25, -0.2) is 0 Å². The fraction of sp³-hybridized carbons (Fsp3) is 0.0909. The molecule has 0 spiro atoms. The zero-order chi connectivity index (χ0) is 19.2. The number of thioether (sulfide) groups is 1. The van der Waals surface area contributed by atoms with Crippen LogP contribution < -0.4 is 0 Å². The Hall–Kier alpha value is -2.34. The van der Waals surface area contributed by atoms with Gasteiger partial charge in [-0.3, -0.25) is 4.57 Å². The predicted octanol–water partition coefficient (Wildman–Crippen LogP) is 6.38. The summed E-state index contributed by atoms with van der Waals surface area (Å²) < 4.78 is 2.12. The number of benzene rings is 2. The number of rotatable bonds is 7. The van der Waals surface area contributed by atoms with Gasteiger partial charge in [0.05, 0.1) is 0 Å². The van der Waals surface area contributed by atoms with E-state index in [1.54, 1.807) is 23.1 Å². The van der Waals surface area contributed by atoms with E-state index in [4.69, 9.17) is 11.6 Å². The van der Waals surface area contributed by atoms with Gasteiger partial charge >= 0.3 is 0 Å². The van der Waals surface area contributed by atoms with Crippen molar-refractivity contribution in [3.8, 4) is 5.69 Å². The van der Waals surface area contributed by atoms with E-state index in [0.717, 1.165) is 33.9 Å². The van der Waals surface area contributed by atoms with Crippen molar-refractivity contribution in [3.05, 3.63) is 99.5 Å². The Morgan fingerprint density at radius 2 is 1.79 bits per heavy atom. The van der Waals surface area contributed by atoms with Crippen molar-refractivity contribution in [1.82, 2.24) is 14.8 Å². The van der Waals surface area contributed by atoms with Crippen LogP contribution in [0.3, 0.4) is 0 Å². The number of nitrogens with zero attached hydrogens (tertiary/aromatic N) is 3. The van der Waals surface area contributed by atoms with Gasteiger partial charge < -0.3 is 0 Å². The molecule has 6 heteroatoms. The Labute approximate surface area is 177 Å². The summed E-state index contributed by atoms with van der Waals surface area (Å²) in [5.41, 5.74) is 2.22. The van der Waals surface area contributed by atoms with Gasteiger partial charge in [-0.05, 0) is 41.3 Å². The van der Waals surface area contributed by atoms with Crippen LogP contribution in [-0.2, 0) is 6.42 Å². The third-order valence-electron chi connectivity index (χ3n) is 4.12. The Kier molecular flexibility index (Phi) is 6.27. The Bertz CT molecular complexity index is 1040.